The Morgan fingerprint density at radius 3 is 2.62 bits per heavy atom. The van der Waals surface area contributed by atoms with E-state index >= 15 is 0 Å². The molecule has 1 aromatic carbocycles. The molecule has 2 nitrogen and oxygen atoms in total. The Hall–Kier alpha value is -1.32. The van der Waals surface area contributed by atoms with Crippen LogP contribution in [0.3, 0.4) is 0 Å². The lowest BCUT2D eigenvalue weighted by Gasteiger charge is -2.00. The number of phenolic OH excluding ortho intramolecular Hbond substituents is 1. The maximum atomic E-state index is 9.76. The van der Waals surface area contributed by atoms with Crippen LogP contribution in [0.25, 0.3) is 10.4 Å². The zero-order valence-corrected chi connectivity index (χ0v) is 9.58. The van der Waals surface area contributed by atoms with Crippen molar-refractivity contribution in [3.05, 3.63) is 41.3 Å². The third-order valence-electron chi connectivity index (χ3n) is 3.00. The molecule has 1 fully saturated rings. The SMILES string of the molecule is N[C@H]1C[C@@H]1c1ccc(-c2ccccc2O)s1. The summed E-state index contributed by atoms with van der Waals surface area (Å²) in [6.45, 7) is 0. The number of phenols is 1. The lowest BCUT2D eigenvalue weighted by molar-refractivity contribution is 0.477. The number of hydrogen-bond acceptors (Lipinski definition) is 3. The monoisotopic (exact) mass is 231 g/mol. The number of benzene rings is 1. The van der Waals surface area contributed by atoms with Gasteiger partial charge in [0.2, 0.25) is 0 Å². The van der Waals surface area contributed by atoms with Crippen LogP contribution in [0.5, 0.6) is 5.75 Å². The van der Waals surface area contributed by atoms with Crippen LogP contribution in [0.1, 0.15) is 17.2 Å². The van der Waals surface area contributed by atoms with Gasteiger partial charge in [-0.25, -0.2) is 0 Å². The first-order valence-electron chi connectivity index (χ1n) is 5.39. The van der Waals surface area contributed by atoms with E-state index < -0.39 is 0 Å². The van der Waals surface area contributed by atoms with Crippen LogP contribution in [0.2, 0.25) is 0 Å². The van der Waals surface area contributed by atoms with E-state index in [1.54, 1.807) is 17.4 Å². The van der Waals surface area contributed by atoms with E-state index in [0.717, 1.165) is 16.9 Å². The zero-order chi connectivity index (χ0) is 11.1. The molecule has 3 rings (SSSR count). The molecule has 0 bridgehead atoms. The normalized spacial score (nSPS) is 23.3. The van der Waals surface area contributed by atoms with Crippen LogP contribution >= 0.6 is 11.3 Å². The smallest absolute Gasteiger partial charge is 0.124 e. The fourth-order valence-corrected chi connectivity index (χ4v) is 3.15. The summed E-state index contributed by atoms with van der Waals surface area (Å²) in [5, 5.41) is 9.76. The first-order chi connectivity index (χ1) is 7.75. The first-order valence-corrected chi connectivity index (χ1v) is 6.21. The average molecular weight is 231 g/mol. The average Bonchev–Trinajstić information content (AvgIpc) is 2.82. The van der Waals surface area contributed by atoms with Crippen LogP contribution in [0.15, 0.2) is 36.4 Å². The van der Waals surface area contributed by atoms with Crippen LogP contribution in [-0.4, -0.2) is 11.1 Å². The van der Waals surface area contributed by atoms with E-state index in [2.05, 4.69) is 12.1 Å². The molecule has 2 atom stereocenters. The number of hydrogen-bond donors (Lipinski definition) is 2. The van der Waals surface area contributed by atoms with Gasteiger partial charge in [-0.3, -0.25) is 0 Å². The van der Waals surface area contributed by atoms with Gasteiger partial charge < -0.3 is 10.8 Å². The standard InChI is InChI=1S/C13H13NOS/c14-10-7-9(10)13-6-5-12(16-13)8-3-1-2-4-11(8)15/h1-6,9-10,15H,7,14H2/t9-,10-/m0/s1. The van der Waals surface area contributed by atoms with Gasteiger partial charge in [-0.05, 0) is 30.7 Å². The van der Waals surface area contributed by atoms with Gasteiger partial charge in [0.05, 0.1) is 0 Å². The van der Waals surface area contributed by atoms with Crippen LogP contribution in [0.4, 0.5) is 0 Å². The molecule has 1 aromatic heterocycles. The molecular weight excluding hydrogens is 218 g/mol. The van der Waals surface area contributed by atoms with Crippen molar-refractivity contribution in [2.24, 2.45) is 5.73 Å². The Kier molecular flexibility index (Phi) is 2.23. The molecule has 1 aliphatic carbocycles. The third-order valence-corrected chi connectivity index (χ3v) is 4.25. The lowest BCUT2D eigenvalue weighted by Crippen LogP contribution is -1.99. The minimum absolute atomic E-state index is 0.343. The van der Waals surface area contributed by atoms with Crippen molar-refractivity contribution in [1.82, 2.24) is 0 Å². The molecule has 3 N–H and O–H groups in total. The molecule has 0 unspecified atom stereocenters. The molecule has 82 valence electrons. The minimum Gasteiger partial charge on any atom is -0.507 e. The number of para-hydroxylation sites is 1. The molecule has 1 saturated carbocycles. The Labute approximate surface area is 98.4 Å². The molecule has 3 heteroatoms. The Balaban J connectivity index is 1.95. The molecule has 0 aliphatic heterocycles. The van der Waals surface area contributed by atoms with Gasteiger partial charge in [0.1, 0.15) is 5.75 Å². The van der Waals surface area contributed by atoms with Crippen LogP contribution < -0.4 is 5.73 Å². The van der Waals surface area contributed by atoms with Gasteiger partial charge in [-0.2, -0.15) is 0 Å². The molecular formula is C13H13NOS. The maximum absolute atomic E-state index is 9.76. The van der Waals surface area contributed by atoms with Gasteiger partial charge >= 0.3 is 0 Å². The van der Waals surface area contributed by atoms with E-state index in [1.807, 2.05) is 18.2 Å². The van der Waals surface area contributed by atoms with Crippen molar-refractivity contribution in [3.63, 3.8) is 0 Å². The van der Waals surface area contributed by atoms with Gasteiger partial charge in [0.25, 0.3) is 0 Å². The summed E-state index contributed by atoms with van der Waals surface area (Å²) in [6, 6.07) is 12.0. The number of rotatable bonds is 2. The summed E-state index contributed by atoms with van der Waals surface area (Å²) in [5.41, 5.74) is 6.74. The summed E-state index contributed by atoms with van der Waals surface area (Å²) in [4.78, 5) is 2.46. The second-order valence-corrected chi connectivity index (χ2v) is 5.34. The van der Waals surface area contributed by atoms with E-state index in [4.69, 9.17) is 5.73 Å². The maximum Gasteiger partial charge on any atom is 0.124 e. The first kappa shape index (κ1) is 9.87. The Morgan fingerprint density at radius 2 is 1.94 bits per heavy atom. The van der Waals surface area contributed by atoms with Crippen molar-refractivity contribution in [3.8, 4) is 16.2 Å². The summed E-state index contributed by atoms with van der Waals surface area (Å²) in [7, 11) is 0. The summed E-state index contributed by atoms with van der Waals surface area (Å²) in [6.07, 6.45) is 1.10. The molecule has 0 saturated heterocycles. The predicted octanol–water partition coefficient (Wildman–Crippen LogP) is 2.94. The van der Waals surface area contributed by atoms with Crippen LogP contribution in [-0.2, 0) is 0 Å². The van der Waals surface area contributed by atoms with Gasteiger partial charge in [-0.1, -0.05) is 12.1 Å². The highest BCUT2D eigenvalue weighted by molar-refractivity contribution is 7.15. The molecule has 2 aromatic rings. The van der Waals surface area contributed by atoms with E-state index in [9.17, 15) is 5.11 Å². The molecule has 0 radical (unpaired) electrons. The number of nitrogens with two attached hydrogens (primary N) is 1. The second kappa shape index (κ2) is 3.61. The second-order valence-electron chi connectivity index (χ2n) is 4.23. The summed E-state index contributed by atoms with van der Waals surface area (Å²) >= 11 is 1.73. The van der Waals surface area contributed by atoms with Gasteiger partial charge in [-0.15, -0.1) is 11.3 Å². The predicted molar refractivity (Wildman–Crippen MR) is 66.8 cm³/mol. The van der Waals surface area contributed by atoms with Crippen molar-refractivity contribution in [1.29, 1.82) is 0 Å². The summed E-state index contributed by atoms with van der Waals surface area (Å²) < 4.78 is 0. The highest BCUT2D eigenvalue weighted by Crippen LogP contribution is 2.45. The molecule has 0 spiro atoms. The van der Waals surface area contributed by atoms with Gasteiger partial charge in [0.15, 0.2) is 0 Å². The quantitative estimate of drug-likeness (QED) is 0.834. The minimum atomic E-state index is 0.343. The van der Waals surface area contributed by atoms with E-state index in [1.165, 1.54) is 4.88 Å². The van der Waals surface area contributed by atoms with E-state index in [0.29, 0.717) is 17.7 Å². The fraction of sp³-hybridized carbons (Fsp3) is 0.231. The zero-order valence-electron chi connectivity index (χ0n) is 8.76. The number of aromatic hydroxyl groups is 1. The van der Waals surface area contributed by atoms with Crippen molar-refractivity contribution in [2.75, 3.05) is 0 Å². The molecule has 16 heavy (non-hydrogen) atoms. The molecule has 1 aliphatic rings. The molecule has 0 amide bonds. The molecule has 1 heterocycles. The third kappa shape index (κ3) is 1.62. The topological polar surface area (TPSA) is 46.2 Å². The fourth-order valence-electron chi connectivity index (χ4n) is 1.92. The number of thiophene rings is 1. The van der Waals surface area contributed by atoms with Crippen molar-refractivity contribution in [2.45, 2.75) is 18.4 Å². The van der Waals surface area contributed by atoms with E-state index in [-0.39, 0.29) is 0 Å². The van der Waals surface area contributed by atoms with Gasteiger partial charge in [0, 0.05) is 27.3 Å². The lowest BCUT2D eigenvalue weighted by atomic mass is 10.1. The van der Waals surface area contributed by atoms with Crippen molar-refractivity contribution >= 4 is 11.3 Å². The van der Waals surface area contributed by atoms with Crippen molar-refractivity contribution < 1.29 is 5.11 Å². The Morgan fingerprint density at radius 1 is 1.19 bits per heavy atom. The largest absolute Gasteiger partial charge is 0.507 e. The summed E-state index contributed by atoms with van der Waals surface area (Å²) in [5.74, 6) is 0.889. The highest BCUT2D eigenvalue weighted by Gasteiger charge is 2.35. The van der Waals surface area contributed by atoms with Crippen LogP contribution in [0, 0.1) is 0 Å². The highest BCUT2D eigenvalue weighted by atomic mass is 32.1. The Bertz CT molecular complexity index is 520.